The molecule has 0 fully saturated rings. The van der Waals surface area contributed by atoms with Crippen molar-refractivity contribution in [3.63, 3.8) is 0 Å². The van der Waals surface area contributed by atoms with Crippen LogP contribution in [0.5, 0.6) is 0 Å². The van der Waals surface area contributed by atoms with Gasteiger partial charge in [0.15, 0.2) is 5.13 Å². The van der Waals surface area contributed by atoms with Gasteiger partial charge in [-0.2, -0.15) is 0 Å². The predicted molar refractivity (Wildman–Crippen MR) is 121 cm³/mol. The van der Waals surface area contributed by atoms with E-state index in [0.29, 0.717) is 18.0 Å². The van der Waals surface area contributed by atoms with Gasteiger partial charge in [0, 0.05) is 25.0 Å². The Bertz CT molecular complexity index is 1140. The van der Waals surface area contributed by atoms with E-state index in [-0.39, 0.29) is 12.3 Å². The van der Waals surface area contributed by atoms with Crippen molar-refractivity contribution >= 4 is 38.6 Å². The molecule has 7 heteroatoms. The zero-order valence-corrected chi connectivity index (χ0v) is 19.2. The highest BCUT2D eigenvalue weighted by Gasteiger charge is 2.45. The number of aliphatic carboxylic acids is 1. The summed E-state index contributed by atoms with van der Waals surface area (Å²) in [5.74, 6) is -1.43. The number of carbonyl (C=O) groups is 2. The van der Waals surface area contributed by atoms with Gasteiger partial charge in [0.05, 0.1) is 36.8 Å². The summed E-state index contributed by atoms with van der Waals surface area (Å²) in [6.45, 7) is 0.880. The van der Waals surface area contributed by atoms with Gasteiger partial charge in [-0.25, -0.2) is 4.98 Å². The Labute approximate surface area is 186 Å². The Kier molecular flexibility index (Phi) is 5.35. The zero-order valence-electron chi connectivity index (χ0n) is 18.3. The van der Waals surface area contributed by atoms with Gasteiger partial charge in [-0.15, -0.1) is 0 Å². The number of rotatable bonds is 6. The highest BCUT2D eigenvalue weighted by Crippen LogP contribution is 2.42. The molecule has 6 nitrogen and oxygen atoms in total. The number of nitrogens with zero attached hydrogens (tertiary/aromatic N) is 3. The van der Waals surface area contributed by atoms with Crippen molar-refractivity contribution in [3.05, 3.63) is 59.2 Å². The van der Waals surface area contributed by atoms with Crippen LogP contribution >= 0.6 is 11.3 Å². The van der Waals surface area contributed by atoms with Gasteiger partial charge in [-0.1, -0.05) is 41.7 Å². The van der Waals surface area contributed by atoms with Crippen LogP contribution in [0.3, 0.4) is 0 Å². The number of carboxylic acid groups (broad SMARTS) is 1. The van der Waals surface area contributed by atoms with Crippen molar-refractivity contribution in [2.45, 2.75) is 25.8 Å². The van der Waals surface area contributed by atoms with Crippen molar-refractivity contribution < 1.29 is 19.2 Å². The van der Waals surface area contributed by atoms with Crippen LogP contribution in [0.1, 0.15) is 23.1 Å². The maximum Gasteiger partial charge on any atom is 0.235 e. The minimum absolute atomic E-state index is 0.224. The lowest BCUT2D eigenvalue weighted by molar-refractivity contribution is -0.883. The smallest absolute Gasteiger partial charge is 0.235 e. The molecule has 0 saturated carbocycles. The fourth-order valence-electron chi connectivity index (χ4n) is 4.52. The lowest BCUT2D eigenvalue weighted by atomic mass is 9.80. The molecule has 1 aliphatic rings. The summed E-state index contributed by atoms with van der Waals surface area (Å²) in [5.41, 5.74) is 3.06. The third kappa shape index (κ3) is 4.34. The summed E-state index contributed by atoms with van der Waals surface area (Å²) in [6.07, 6.45) is 0.501. The molecule has 0 radical (unpaired) electrons. The fraction of sp³-hybridized carbons (Fsp3) is 0.375. The number of amides is 1. The number of benzene rings is 2. The average Bonchev–Trinajstić information content (AvgIpc) is 3.26. The lowest BCUT2D eigenvalue weighted by Crippen LogP contribution is -2.46. The molecule has 1 amide bonds. The van der Waals surface area contributed by atoms with Gasteiger partial charge in [0.1, 0.15) is 6.54 Å². The summed E-state index contributed by atoms with van der Waals surface area (Å²) in [4.78, 5) is 31.4. The molecule has 3 aromatic rings. The van der Waals surface area contributed by atoms with E-state index in [1.165, 1.54) is 21.8 Å². The van der Waals surface area contributed by atoms with Gasteiger partial charge >= 0.3 is 0 Å². The van der Waals surface area contributed by atoms with Crippen LogP contribution in [-0.4, -0.2) is 49.5 Å². The minimum Gasteiger partial charge on any atom is -0.550 e. The number of thiazole rings is 1. The van der Waals surface area contributed by atoms with Crippen LogP contribution < -0.4 is 10.0 Å². The lowest BCUT2D eigenvalue weighted by Gasteiger charge is -2.31. The molecule has 0 bridgehead atoms. The van der Waals surface area contributed by atoms with Crippen molar-refractivity contribution in [1.82, 2.24) is 4.98 Å². The SMILES string of the molecule is CN(C(=O)C1(CC(=O)[O-])Cc2ccccc2C1)c1nc2cc(C[N+](C)(C)C)ccc2s1. The second-order valence-corrected chi connectivity index (χ2v) is 10.6. The highest BCUT2D eigenvalue weighted by atomic mass is 32.1. The largest absolute Gasteiger partial charge is 0.550 e. The maximum atomic E-state index is 13.6. The Morgan fingerprint density at radius 3 is 2.35 bits per heavy atom. The van der Waals surface area contributed by atoms with E-state index in [0.717, 1.165) is 32.4 Å². The quantitative estimate of drug-likeness (QED) is 0.555. The summed E-state index contributed by atoms with van der Waals surface area (Å²) >= 11 is 1.45. The summed E-state index contributed by atoms with van der Waals surface area (Å²) in [7, 11) is 8.10. The first-order valence-electron chi connectivity index (χ1n) is 10.3. The molecule has 1 heterocycles. The van der Waals surface area contributed by atoms with Gasteiger partial charge < -0.3 is 14.4 Å². The highest BCUT2D eigenvalue weighted by molar-refractivity contribution is 7.22. The zero-order chi connectivity index (χ0) is 22.4. The van der Waals surface area contributed by atoms with Crippen LogP contribution in [-0.2, 0) is 29.0 Å². The van der Waals surface area contributed by atoms with Gasteiger partial charge in [0.2, 0.25) is 5.91 Å². The van der Waals surface area contributed by atoms with Crippen LogP contribution in [0.4, 0.5) is 5.13 Å². The van der Waals surface area contributed by atoms with Crippen molar-refractivity contribution in [3.8, 4) is 0 Å². The third-order valence-electron chi connectivity index (χ3n) is 5.80. The maximum absolute atomic E-state index is 13.6. The normalized spacial score (nSPS) is 15.1. The topological polar surface area (TPSA) is 73.3 Å². The van der Waals surface area contributed by atoms with Crippen LogP contribution in [0.15, 0.2) is 42.5 Å². The molecule has 4 rings (SSSR count). The number of quaternary nitrogens is 1. The van der Waals surface area contributed by atoms with E-state index in [1.807, 2.05) is 30.3 Å². The first kappa shape index (κ1) is 21.5. The van der Waals surface area contributed by atoms with Gasteiger partial charge in [-0.05, 0) is 36.1 Å². The molecule has 1 aliphatic carbocycles. The van der Waals surface area contributed by atoms with Crippen molar-refractivity contribution in [1.29, 1.82) is 0 Å². The second-order valence-electron chi connectivity index (χ2n) is 9.56. The predicted octanol–water partition coefficient (Wildman–Crippen LogP) is 2.39. The molecule has 0 N–H and O–H groups in total. The molecule has 1 aromatic heterocycles. The molecule has 0 saturated heterocycles. The van der Waals surface area contributed by atoms with E-state index in [4.69, 9.17) is 4.98 Å². The third-order valence-corrected chi connectivity index (χ3v) is 6.91. The summed E-state index contributed by atoms with van der Waals surface area (Å²) in [6, 6.07) is 14.0. The first-order valence-corrected chi connectivity index (χ1v) is 11.1. The Morgan fingerprint density at radius 1 is 1.13 bits per heavy atom. The number of fused-ring (bicyclic) bond motifs is 2. The minimum atomic E-state index is -1.20. The number of hydrogen-bond acceptors (Lipinski definition) is 5. The van der Waals surface area contributed by atoms with E-state index in [2.05, 4.69) is 33.3 Å². The Hall–Kier alpha value is -2.77. The van der Waals surface area contributed by atoms with E-state index < -0.39 is 11.4 Å². The molecule has 0 spiro atoms. The van der Waals surface area contributed by atoms with Crippen molar-refractivity contribution in [2.75, 3.05) is 33.1 Å². The molecule has 162 valence electrons. The van der Waals surface area contributed by atoms with Crippen LogP contribution in [0.2, 0.25) is 0 Å². The molecule has 0 aliphatic heterocycles. The molecule has 0 unspecified atom stereocenters. The summed E-state index contributed by atoms with van der Waals surface area (Å²) in [5, 5.41) is 12.2. The number of anilines is 1. The second kappa shape index (κ2) is 7.73. The molecule has 31 heavy (non-hydrogen) atoms. The number of aromatic nitrogens is 1. The van der Waals surface area contributed by atoms with Crippen molar-refractivity contribution in [2.24, 2.45) is 5.41 Å². The Morgan fingerprint density at radius 2 is 1.77 bits per heavy atom. The molecular weight excluding hydrogens is 410 g/mol. The van der Waals surface area contributed by atoms with Crippen LogP contribution in [0.25, 0.3) is 10.2 Å². The van der Waals surface area contributed by atoms with E-state index >= 15 is 0 Å². The number of hydrogen-bond donors (Lipinski definition) is 0. The molecule has 0 atom stereocenters. The Balaban J connectivity index is 1.64. The first-order chi connectivity index (χ1) is 14.6. The average molecular weight is 438 g/mol. The van der Waals surface area contributed by atoms with Gasteiger partial charge in [0.25, 0.3) is 0 Å². The van der Waals surface area contributed by atoms with E-state index in [1.54, 1.807) is 7.05 Å². The molecule has 2 aromatic carbocycles. The van der Waals surface area contributed by atoms with Gasteiger partial charge in [-0.3, -0.25) is 9.69 Å². The molecular formula is C24H27N3O3S. The number of carbonyl (C=O) groups excluding carboxylic acids is 2. The monoisotopic (exact) mass is 437 g/mol. The standard InChI is InChI=1S/C24H27N3O3S/c1-26(23-25-19-11-16(15-27(2,3)4)9-10-20(19)31-23)22(30)24(14-21(28)29)12-17-7-5-6-8-18(17)13-24/h5-11H,12-15H2,1-4H3. The van der Waals surface area contributed by atoms with E-state index in [9.17, 15) is 14.7 Å². The fourth-order valence-corrected chi connectivity index (χ4v) is 5.42. The summed E-state index contributed by atoms with van der Waals surface area (Å²) < 4.78 is 1.82. The number of carboxylic acids is 1. The van der Waals surface area contributed by atoms with Crippen LogP contribution in [0, 0.1) is 5.41 Å².